The summed E-state index contributed by atoms with van der Waals surface area (Å²) in [5, 5.41) is 24.7. The second-order valence-electron chi connectivity index (χ2n) is 19.3. The average Bonchev–Trinajstić information content (AvgIpc) is 3.65. The molecule has 7 heteroatoms. The highest BCUT2D eigenvalue weighted by Gasteiger charge is 2.54. The summed E-state index contributed by atoms with van der Waals surface area (Å²) in [6, 6.07) is 26.8. The highest BCUT2D eigenvalue weighted by atomic mass is 32.2. The van der Waals surface area contributed by atoms with Gasteiger partial charge in [-0.15, -0.1) is 11.8 Å². The summed E-state index contributed by atoms with van der Waals surface area (Å²) in [5.74, 6) is 1.99. The topological polar surface area (TPSA) is 66.4 Å². The van der Waals surface area contributed by atoms with Crippen LogP contribution in [0.1, 0.15) is 126 Å². The van der Waals surface area contributed by atoms with E-state index in [9.17, 15) is 5.26 Å². The van der Waals surface area contributed by atoms with Gasteiger partial charge in [-0.25, -0.2) is 0 Å². The summed E-state index contributed by atoms with van der Waals surface area (Å²) in [5.41, 5.74) is 7.77. The molecule has 3 aliphatic heterocycles. The van der Waals surface area contributed by atoms with Gasteiger partial charge >= 0.3 is 0 Å². The lowest BCUT2D eigenvalue weighted by Gasteiger charge is -2.58. The van der Waals surface area contributed by atoms with Crippen molar-refractivity contribution < 1.29 is 0 Å². The van der Waals surface area contributed by atoms with Crippen molar-refractivity contribution in [2.75, 3.05) is 0 Å². The zero-order valence-electron chi connectivity index (χ0n) is 34.8. The summed E-state index contributed by atoms with van der Waals surface area (Å²) >= 11 is 2.16. The molecule has 1 saturated heterocycles. The Labute approximate surface area is 357 Å². The first-order valence-electron chi connectivity index (χ1n) is 23.7. The first kappa shape index (κ1) is 38.4. The number of hydrogen-bond donors (Lipinski definition) is 3. The smallest absolute Gasteiger partial charge is 0.0859 e. The number of rotatable bonds is 6. The Hall–Kier alpha value is -3.54. The Morgan fingerprint density at radius 3 is 2.25 bits per heavy atom. The molecule has 3 fully saturated rings. The molecule has 13 unspecified atom stereocenters. The predicted molar refractivity (Wildman–Crippen MR) is 240 cm³/mol. The van der Waals surface area contributed by atoms with Crippen LogP contribution in [0.25, 0.3) is 0 Å². The monoisotopic (exact) mass is 804 g/mol. The van der Waals surface area contributed by atoms with Crippen molar-refractivity contribution in [1.82, 2.24) is 25.8 Å². The molecule has 6 aliphatic carbocycles. The Kier molecular flexibility index (Phi) is 10.9. The number of benzene rings is 2. The standard InChI is InChI=1S/C52H64N6S/c53-33-38-31-41(52-55-50(35-18-5-2-6-19-35)54-51(56-52)37-21-15-20-36(30-37)34-16-3-1-4-17-34)47(58-44-26-11-13-28-48(44)59-49-29-14-12-27-45(49)58)32-46(38)57-42-24-9-7-22-39(42)40-23-8-10-25-43(40)57/h1-6,9,11,14,16-19,24,26,29,36-39,41-42,44,46-48,50-52,54-56H,7-8,10,12-13,15,20-23,25,27-28,30-32H2. The van der Waals surface area contributed by atoms with Crippen molar-refractivity contribution in [1.29, 1.82) is 5.26 Å². The lowest BCUT2D eigenvalue weighted by molar-refractivity contribution is -0.00851. The minimum absolute atomic E-state index is 0.0261. The van der Waals surface area contributed by atoms with Crippen LogP contribution in [0.4, 0.5) is 0 Å². The highest BCUT2D eigenvalue weighted by Crippen LogP contribution is 2.53. The molecule has 0 radical (unpaired) electrons. The van der Waals surface area contributed by atoms with Gasteiger partial charge in [0, 0.05) is 45.5 Å². The molecule has 6 nitrogen and oxygen atoms in total. The molecule has 59 heavy (non-hydrogen) atoms. The zero-order valence-corrected chi connectivity index (χ0v) is 35.6. The van der Waals surface area contributed by atoms with E-state index < -0.39 is 0 Å². The fraction of sp³-hybridized carbons (Fsp3) is 0.558. The maximum Gasteiger partial charge on any atom is 0.0859 e. The summed E-state index contributed by atoms with van der Waals surface area (Å²) in [6.45, 7) is 0. The van der Waals surface area contributed by atoms with Crippen LogP contribution in [-0.4, -0.2) is 51.5 Å². The fourth-order valence-corrected chi connectivity index (χ4v) is 15.0. The number of allylic oxidation sites excluding steroid dienone is 6. The molecular formula is C52H64N6S. The molecule has 13 atom stereocenters. The van der Waals surface area contributed by atoms with Crippen molar-refractivity contribution in [2.24, 2.45) is 23.7 Å². The van der Waals surface area contributed by atoms with Crippen molar-refractivity contribution in [3.8, 4) is 6.07 Å². The van der Waals surface area contributed by atoms with Gasteiger partial charge in [0.05, 0.1) is 42.6 Å². The van der Waals surface area contributed by atoms with Crippen LogP contribution in [0, 0.1) is 35.0 Å². The maximum atomic E-state index is 11.4. The van der Waals surface area contributed by atoms with Gasteiger partial charge < -0.3 is 9.80 Å². The summed E-state index contributed by atoms with van der Waals surface area (Å²) in [7, 11) is 0. The second-order valence-corrected chi connectivity index (χ2v) is 20.6. The van der Waals surface area contributed by atoms with E-state index >= 15 is 0 Å². The predicted octanol–water partition coefficient (Wildman–Crippen LogP) is 10.6. The van der Waals surface area contributed by atoms with Crippen LogP contribution in [-0.2, 0) is 0 Å². The molecule has 9 aliphatic rings. The van der Waals surface area contributed by atoms with Crippen LogP contribution < -0.4 is 16.0 Å². The van der Waals surface area contributed by atoms with Gasteiger partial charge in [0.15, 0.2) is 0 Å². The Bertz CT molecular complexity index is 2030. The largest absolute Gasteiger partial charge is 0.363 e. The van der Waals surface area contributed by atoms with E-state index in [0.717, 1.165) is 25.7 Å². The van der Waals surface area contributed by atoms with Crippen LogP contribution in [0.2, 0.25) is 0 Å². The van der Waals surface area contributed by atoms with E-state index in [1.807, 2.05) is 0 Å². The molecule has 2 aromatic rings. The van der Waals surface area contributed by atoms with E-state index in [1.54, 1.807) is 17.0 Å². The van der Waals surface area contributed by atoms with Crippen LogP contribution in [0.5, 0.6) is 0 Å². The fourth-order valence-electron chi connectivity index (χ4n) is 13.6. The molecular weight excluding hydrogens is 741 g/mol. The summed E-state index contributed by atoms with van der Waals surface area (Å²) in [6.07, 6.45) is 34.3. The SMILES string of the molecule is N#CC1CC(C2NC(c3ccccc3)NC(C3CCCC(c4ccccc4)C3)N2)C(N2C3=C(C=CCC3)SC3CCC=CC32)CC1N1C2=C(CCCC2)C2CCC=CC21. The van der Waals surface area contributed by atoms with E-state index in [-0.39, 0.29) is 36.4 Å². The molecule has 308 valence electrons. The molecule has 0 spiro atoms. The number of thioether (sulfide) groups is 1. The third kappa shape index (κ3) is 7.18. The van der Waals surface area contributed by atoms with Crippen molar-refractivity contribution in [3.05, 3.63) is 130 Å². The molecule has 11 rings (SSSR count). The van der Waals surface area contributed by atoms with Gasteiger partial charge in [-0.2, -0.15) is 5.26 Å². The summed E-state index contributed by atoms with van der Waals surface area (Å²) in [4.78, 5) is 7.39. The third-order valence-corrected chi connectivity index (χ3v) is 17.7. The van der Waals surface area contributed by atoms with Gasteiger partial charge in [-0.1, -0.05) is 104 Å². The molecule has 0 bridgehead atoms. The Balaban J connectivity index is 0.994. The van der Waals surface area contributed by atoms with E-state index in [1.165, 1.54) is 93.1 Å². The number of nitrogens with zero attached hydrogens (tertiary/aromatic N) is 3. The van der Waals surface area contributed by atoms with Gasteiger partial charge in [0.2, 0.25) is 0 Å². The van der Waals surface area contributed by atoms with Gasteiger partial charge in [0.1, 0.15) is 0 Å². The lowest BCUT2D eigenvalue weighted by Crippen LogP contribution is -2.71. The molecule has 3 N–H and O–H groups in total. The number of fused-ring (bicyclic) bond motifs is 3. The van der Waals surface area contributed by atoms with Crippen molar-refractivity contribution >= 4 is 11.8 Å². The Morgan fingerprint density at radius 2 is 1.41 bits per heavy atom. The number of hydrogen-bond acceptors (Lipinski definition) is 7. The van der Waals surface area contributed by atoms with E-state index in [0.29, 0.717) is 41.1 Å². The third-order valence-electron chi connectivity index (χ3n) is 16.2. The number of nitrogens with one attached hydrogen (secondary N) is 3. The van der Waals surface area contributed by atoms with Gasteiger partial charge in [-0.05, 0) is 125 Å². The maximum absolute atomic E-state index is 11.4. The zero-order chi connectivity index (χ0) is 39.3. The van der Waals surface area contributed by atoms with Gasteiger partial charge in [0.25, 0.3) is 0 Å². The first-order valence-corrected chi connectivity index (χ1v) is 24.6. The Morgan fingerprint density at radius 1 is 0.644 bits per heavy atom. The number of nitriles is 1. The quantitative estimate of drug-likeness (QED) is 0.251. The van der Waals surface area contributed by atoms with Crippen molar-refractivity contribution in [2.45, 2.75) is 157 Å². The molecule has 0 amide bonds. The molecule has 3 heterocycles. The molecule has 2 saturated carbocycles. The van der Waals surface area contributed by atoms with Crippen LogP contribution in [0.3, 0.4) is 0 Å². The minimum atomic E-state index is -0.0261. The van der Waals surface area contributed by atoms with E-state index in [4.69, 9.17) is 0 Å². The summed E-state index contributed by atoms with van der Waals surface area (Å²) < 4.78 is 0. The minimum Gasteiger partial charge on any atom is -0.363 e. The average molecular weight is 805 g/mol. The van der Waals surface area contributed by atoms with Crippen molar-refractivity contribution in [3.63, 3.8) is 0 Å². The molecule has 2 aromatic carbocycles. The van der Waals surface area contributed by atoms with Crippen LogP contribution >= 0.6 is 11.8 Å². The first-order chi connectivity index (χ1) is 29.2. The normalized spacial score (nSPS) is 39.3. The van der Waals surface area contributed by atoms with Crippen LogP contribution in [0.15, 0.2) is 119 Å². The molecule has 0 aromatic heterocycles. The van der Waals surface area contributed by atoms with Gasteiger partial charge in [-0.3, -0.25) is 16.0 Å². The second kappa shape index (κ2) is 16.7. The lowest BCUT2D eigenvalue weighted by atomic mass is 9.70. The highest BCUT2D eigenvalue weighted by molar-refractivity contribution is 8.04. The van der Waals surface area contributed by atoms with E-state index in [2.05, 4.69) is 141 Å².